The van der Waals surface area contributed by atoms with E-state index < -0.39 is 29.9 Å². The smallest absolute Gasteiger partial charge is 1.00 e. The van der Waals surface area contributed by atoms with Gasteiger partial charge in [-0.05, 0) is 0 Å². The third-order valence-electron chi connectivity index (χ3n) is 0.914. The monoisotopic (exact) mass is 214 g/mol. The second-order valence-electron chi connectivity index (χ2n) is 1.88. The maximum Gasteiger partial charge on any atom is 1.00 e. The molecule has 0 fully saturated rings. The van der Waals surface area contributed by atoms with Gasteiger partial charge in [-0.3, -0.25) is 4.79 Å². The van der Waals surface area contributed by atoms with Gasteiger partial charge in [-0.1, -0.05) is 0 Å². The van der Waals surface area contributed by atoms with Crippen LogP contribution >= 0.6 is 0 Å². The predicted octanol–water partition coefficient (Wildman–Crippen LogP) is -3.33. The number of hydrogen-bond acceptors (Lipinski definition) is 3. The fourth-order valence-electron chi connectivity index (χ4n) is 0.500. The first-order valence-corrected chi connectivity index (χ1v) is 2.82. The van der Waals surface area contributed by atoms with Crippen molar-refractivity contribution in [3.05, 3.63) is 11.6 Å². The standard InChI is InChI=1S/C6H6O6.K.H/c7-4(8)1-3(6(11)12)2-5(9)10;;/h1H,2H2,(H,7,8)(H,9,10)(H,11,12);;/q;+1;-1. The molecule has 7 heteroatoms. The Labute approximate surface area is 117 Å². The predicted molar refractivity (Wildman–Crippen MR) is 36.7 cm³/mol. The van der Waals surface area contributed by atoms with Gasteiger partial charge in [0.25, 0.3) is 0 Å². The van der Waals surface area contributed by atoms with Crippen LogP contribution in [0.25, 0.3) is 0 Å². The molecule has 0 bridgehead atoms. The summed E-state index contributed by atoms with van der Waals surface area (Å²) in [5.41, 5.74) is -0.657. The van der Waals surface area contributed by atoms with E-state index in [1.165, 1.54) is 0 Å². The van der Waals surface area contributed by atoms with Crippen LogP contribution in [0.5, 0.6) is 0 Å². The van der Waals surface area contributed by atoms with Crippen LogP contribution in [0.15, 0.2) is 11.6 Å². The van der Waals surface area contributed by atoms with E-state index in [4.69, 9.17) is 15.3 Å². The number of carboxylic acid groups (broad SMARTS) is 3. The second kappa shape index (κ2) is 7.21. The maximum absolute atomic E-state index is 10.2. The molecule has 0 atom stereocenters. The van der Waals surface area contributed by atoms with Gasteiger partial charge in [0, 0.05) is 6.08 Å². The molecule has 6 nitrogen and oxygen atoms in total. The zero-order chi connectivity index (χ0) is 9.72. The molecule has 3 N–H and O–H groups in total. The normalized spacial score (nSPS) is 10.0. The molecule has 0 aliphatic rings. The van der Waals surface area contributed by atoms with Crippen molar-refractivity contribution in [1.29, 1.82) is 0 Å². The Bertz CT molecular complexity index is 261. The second-order valence-corrected chi connectivity index (χ2v) is 1.88. The van der Waals surface area contributed by atoms with E-state index in [-0.39, 0.29) is 52.8 Å². The molecule has 0 spiro atoms. The van der Waals surface area contributed by atoms with Crippen molar-refractivity contribution in [2.45, 2.75) is 6.42 Å². The number of aliphatic carboxylic acids is 3. The number of hydrogen-bond donors (Lipinski definition) is 3. The summed E-state index contributed by atoms with van der Waals surface area (Å²) in [6, 6.07) is 0. The van der Waals surface area contributed by atoms with Gasteiger partial charge in [0.1, 0.15) is 0 Å². The fraction of sp³-hybridized carbons (Fsp3) is 0.167. The summed E-state index contributed by atoms with van der Waals surface area (Å²) in [5, 5.41) is 24.5. The van der Waals surface area contributed by atoms with Gasteiger partial charge in [0.15, 0.2) is 0 Å². The van der Waals surface area contributed by atoms with Crippen molar-refractivity contribution in [2.75, 3.05) is 0 Å². The van der Waals surface area contributed by atoms with Gasteiger partial charge in [0.05, 0.1) is 12.0 Å². The van der Waals surface area contributed by atoms with Gasteiger partial charge in [-0.2, -0.15) is 0 Å². The Morgan fingerprint density at radius 3 is 1.85 bits per heavy atom. The zero-order valence-electron chi connectivity index (χ0n) is 7.85. The first kappa shape index (κ1) is 15.3. The van der Waals surface area contributed by atoms with Crippen LogP contribution in [0, 0.1) is 0 Å². The molecule has 0 amide bonds. The minimum Gasteiger partial charge on any atom is -1.00 e. The molecule has 0 heterocycles. The molecule has 0 aromatic carbocycles. The van der Waals surface area contributed by atoms with Crippen molar-refractivity contribution in [1.82, 2.24) is 0 Å². The van der Waals surface area contributed by atoms with Crippen molar-refractivity contribution >= 4 is 17.9 Å². The quantitative estimate of drug-likeness (QED) is 0.333. The fourth-order valence-corrected chi connectivity index (χ4v) is 0.500. The summed E-state index contributed by atoms with van der Waals surface area (Å²) >= 11 is 0. The SMILES string of the molecule is O=C(O)C=C(CC(=O)O)C(=O)O.[H-].[K+]. The number of carbonyl (C=O) groups is 3. The van der Waals surface area contributed by atoms with E-state index in [0.29, 0.717) is 6.08 Å². The summed E-state index contributed by atoms with van der Waals surface area (Å²) in [6.07, 6.45) is -0.446. The first-order chi connectivity index (χ1) is 5.43. The molecular formula is C6H7KO6. The molecule has 68 valence electrons. The summed E-state index contributed by atoms with van der Waals surface area (Å²) < 4.78 is 0. The largest absolute Gasteiger partial charge is 1.00 e. The average Bonchev–Trinajstić information content (AvgIpc) is 1.83. The molecule has 0 rings (SSSR count). The van der Waals surface area contributed by atoms with E-state index in [0.717, 1.165) is 0 Å². The topological polar surface area (TPSA) is 112 Å². The molecule has 0 radical (unpaired) electrons. The average molecular weight is 214 g/mol. The van der Waals surface area contributed by atoms with E-state index in [1.54, 1.807) is 0 Å². The van der Waals surface area contributed by atoms with Gasteiger partial charge in [0.2, 0.25) is 0 Å². The van der Waals surface area contributed by atoms with Gasteiger partial charge < -0.3 is 16.7 Å². The van der Waals surface area contributed by atoms with Crippen LogP contribution < -0.4 is 51.4 Å². The van der Waals surface area contributed by atoms with Crippen LogP contribution in [-0.4, -0.2) is 33.2 Å². The van der Waals surface area contributed by atoms with Crippen molar-refractivity contribution in [2.24, 2.45) is 0 Å². The van der Waals surface area contributed by atoms with Crippen LogP contribution in [0.1, 0.15) is 7.85 Å². The Morgan fingerprint density at radius 2 is 1.62 bits per heavy atom. The molecule has 13 heavy (non-hydrogen) atoms. The zero-order valence-corrected chi connectivity index (χ0v) is 9.97. The minimum absolute atomic E-state index is 0. The van der Waals surface area contributed by atoms with Crippen LogP contribution in [-0.2, 0) is 14.4 Å². The molecule has 0 aromatic heterocycles. The van der Waals surface area contributed by atoms with E-state index >= 15 is 0 Å². The Morgan fingerprint density at radius 1 is 1.15 bits per heavy atom. The minimum atomic E-state index is -1.54. The molecule has 0 aliphatic heterocycles. The Balaban J connectivity index is -0.000000605. The van der Waals surface area contributed by atoms with Crippen LogP contribution in [0.4, 0.5) is 0 Å². The van der Waals surface area contributed by atoms with Gasteiger partial charge >= 0.3 is 69.3 Å². The first-order valence-electron chi connectivity index (χ1n) is 2.82. The van der Waals surface area contributed by atoms with Crippen molar-refractivity contribution < 1.29 is 82.5 Å². The van der Waals surface area contributed by atoms with Crippen LogP contribution in [0.3, 0.4) is 0 Å². The molecule has 0 saturated carbocycles. The van der Waals surface area contributed by atoms with Crippen LogP contribution in [0.2, 0.25) is 0 Å². The van der Waals surface area contributed by atoms with E-state index in [9.17, 15) is 14.4 Å². The van der Waals surface area contributed by atoms with Crippen molar-refractivity contribution in [3.63, 3.8) is 0 Å². The molecular weight excluding hydrogens is 207 g/mol. The van der Waals surface area contributed by atoms with Gasteiger partial charge in [-0.25, -0.2) is 9.59 Å². The summed E-state index contributed by atoms with van der Waals surface area (Å²) in [5.74, 6) is -4.40. The molecule has 0 unspecified atom stereocenters. The summed E-state index contributed by atoms with van der Waals surface area (Å²) in [4.78, 5) is 30.1. The van der Waals surface area contributed by atoms with Gasteiger partial charge in [-0.15, -0.1) is 0 Å². The number of carboxylic acids is 3. The summed E-state index contributed by atoms with van der Waals surface area (Å²) in [7, 11) is 0. The van der Waals surface area contributed by atoms with E-state index in [1.807, 2.05) is 0 Å². The molecule has 0 saturated heterocycles. The third-order valence-corrected chi connectivity index (χ3v) is 0.914. The number of rotatable bonds is 4. The maximum atomic E-state index is 10.2. The third kappa shape index (κ3) is 8.13. The molecule has 0 aromatic rings. The summed E-state index contributed by atoms with van der Waals surface area (Å²) in [6.45, 7) is 0. The Kier molecular flexibility index (Phi) is 8.47. The van der Waals surface area contributed by atoms with Crippen molar-refractivity contribution in [3.8, 4) is 0 Å². The Hall–Kier alpha value is -0.214. The molecule has 0 aliphatic carbocycles. The van der Waals surface area contributed by atoms with E-state index in [2.05, 4.69) is 0 Å².